The first-order chi connectivity index (χ1) is 17.2. The first-order valence-corrected chi connectivity index (χ1v) is 13.3. The molecule has 1 aliphatic heterocycles. The van der Waals surface area contributed by atoms with Gasteiger partial charge >= 0.3 is 0 Å². The van der Waals surface area contributed by atoms with Crippen molar-refractivity contribution in [3.05, 3.63) is 89.9 Å². The molecule has 1 saturated heterocycles. The van der Waals surface area contributed by atoms with Crippen LogP contribution in [0.5, 0.6) is 11.5 Å². The summed E-state index contributed by atoms with van der Waals surface area (Å²) in [5.74, 6) is -0.0373. The van der Waals surface area contributed by atoms with Gasteiger partial charge in [0.1, 0.15) is 12.2 Å². The number of methoxy groups -OCH3 is 1. The van der Waals surface area contributed by atoms with Crippen molar-refractivity contribution >= 4 is 91.0 Å². The van der Waals surface area contributed by atoms with Crippen molar-refractivity contribution in [1.82, 2.24) is 5.32 Å². The Morgan fingerprint density at radius 1 is 1.14 bits per heavy atom. The highest BCUT2D eigenvalue weighted by Crippen LogP contribution is 2.36. The largest absolute Gasteiger partial charge is 0.493 e. The van der Waals surface area contributed by atoms with Crippen molar-refractivity contribution in [3.8, 4) is 11.5 Å². The minimum absolute atomic E-state index is 0.0330. The topological polar surface area (TPSA) is 67.9 Å². The van der Waals surface area contributed by atoms with Crippen molar-refractivity contribution in [2.45, 2.75) is 13.5 Å². The highest BCUT2D eigenvalue weighted by Gasteiger charge is 2.35. The maximum Gasteiger partial charge on any atom is 0.270 e. The third-order valence-corrected chi connectivity index (χ3v) is 7.19. The smallest absolute Gasteiger partial charge is 0.270 e. The normalized spacial score (nSPS) is 14.8. The van der Waals surface area contributed by atoms with Gasteiger partial charge in [-0.3, -0.25) is 19.8 Å². The summed E-state index contributed by atoms with van der Waals surface area (Å²) in [6.07, 6.45) is 1.52. The van der Waals surface area contributed by atoms with Gasteiger partial charge in [0.05, 0.1) is 16.4 Å². The van der Waals surface area contributed by atoms with Crippen LogP contribution in [-0.2, 0) is 16.2 Å². The molecule has 1 aliphatic rings. The van der Waals surface area contributed by atoms with Gasteiger partial charge in [-0.1, -0.05) is 39.7 Å². The van der Waals surface area contributed by atoms with Crippen LogP contribution in [0.2, 0.25) is 5.02 Å². The SMILES string of the molecule is COc1cc(/C=C2\C(=O)NC(=S)N(c3ccc(Br)cc3C)C2=O)cc(I)c1OCc1ccc(Cl)cc1. The van der Waals surface area contributed by atoms with Crippen molar-refractivity contribution in [2.75, 3.05) is 12.0 Å². The Kier molecular flexibility index (Phi) is 8.34. The summed E-state index contributed by atoms with van der Waals surface area (Å²) >= 11 is 16.8. The second-order valence-electron chi connectivity index (χ2n) is 7.84. The summed E-state index contributed by atoms with van der Waals surface area (Å²) in [5.41, 5.74) is 2.94. The lowest BCUT2D eigenvalue weighted by Crippen LogP contribution is -2.54. The number of hydrogen-bond donors (Lipinski definition) is 1. The number of benzene rings is 3. The van der Waals surface area contributed by atoms with Crippen molar-refractivity contribution in [2.24, 2.45) is 0 Å². The zero-order valence-electron chi connectivity index (χ0n) is 19.1. The van der Waals surface area contributed by atoms with E-state index < -0.39 is 11.8 Å². The summed E-state index contributed by atoms with van der Waals surface area (Å²) in [6, 6.07) is 16.4. The number of thiocarbonyl (C=S) groups is 1. The number of amides is 2. The van der Waals surface area contributed by atoms with Gasteiger partial charge in [-0.15, -0.1) is 0 Å². The summed E-state index contributed by atoms with van der Waals surface area (Å²) in [5, 5.41) is 3.30. The van der Waals surface area contributed by atoms with Crippen molar-refractivity contribution in [3.63, 3.8) is 0 Å². The van der Waals surface area contributed by atoms with E-state index in [-0.39, 0.29) is 10.7 Å². The second kappa shape index (κ2) is 11.3. The third-order valence-electron chi connectivity index (χ3n) is 5.36. The van der Waals surface area contributed by atoms with Crippen LogP contribution in [0.1, 0.15) is 16.7 Å². The molecule has 0 aromatic heterocycles. The Labute approximate surface area is 240 Å². The molecule has 0 bridgehead atoms. The number of nitrogens with zero attached hydrogens (tertiary/aromatic N) is 1. The fraction of sp³-hybridized carbons (Fsp3) is 0.115. The van der Waals surface area contributed by atoms with Crippen LogP contribution < -0.4 is 19.7 Å². The van der Waals surface area contributed by atoms with E-state index in [2.05, 4.69) is 43.8 Å². The first-order valence-electron chi connectivity index (χ1n) is 10.6. The minimum atomic E-state index is -0.562. The molecular formula is C26H19BrClIN2O4S. The van der Waals surface area contributed by atoms with E-state index in [1.807, 2.05) is 37.3 Å². The summed E-state index contributed by atoms with van der Waals surface area (Å²) in [4.78, 5) is 27.5. The molecule has 0 saturated carbocycles. The van der Waals surface area contributed by atoms with Gasteiger partial charge in [0.25, 0.3) is 11.8 Å². The molecule has 3 aromatic rings. The van der Waals surface area contributed by atoms with Crippen LogP contribution in [0.25, 0.3) is 6.08 Å². The standard InChI is InChI=1S/C26H19BrClIN2O4S/c1-14-9-17(27)5-8-21(14)31-25(33)19(24(32)30-26(31)36)10-16-11-20(29)23(22(12-16)34-2)35-13-15-3-6-18(28)7-4-15/h3-12H,13H2,1-2H3,(H,30,32,36)/b19-10+. The summed E-state index contributed by atoms with van der Waals surface area (Å²) in [6.45, 7) is 2.19. The van der Waals surface area contributed by atoms with Gasteiger partial charge in [-0.25, -0.2) is 0 Å². The predicted molar refractivity (Wildman–Crippen MR) is 157 cm³/mol. The number of carbonyl (C=O) groups excluding carboxylic acids is 2. The lowest BCUT2D eigenvalue weighted by molar-refractivity contribution is -0.122. The molecule has 3 aromatic carbocycles. The average molecular weight is 698 g/mol. The molecule has 1 N–H and O–H groups in total. The van der Waals surface area contributed by atoms with Gasteiger partial charge in [0.15, 0.2) is 16.6 Å². The molecule has 2 amide bonds. The lowest BCUT2D eigenvalue weighted by Gasteiger charge is -2.30. The molecule has 4 rings (SSSR count). The minimum Gasteiger partial charge on any atom is -0.493 e. The Hall–Kier alpha value is -2.47. The Bertz CT molecular complexity index is 1410. The number of ether oxygens (including phenoxy) is 2. The fourth-order valence-electron chi connectivity index (χ4n) is 3.61. The van der Waals surface area contributed by atoms with Gasteiger partial charge < -0.3 is 9.47 Å². The number of carbonyl (C=O) groups is 2. The maximum absolute atomic E-state index is 13.4. The summed E-state index contributed by atoms with van der Waals surface area (Å²) < 4.78 is 13.2. The Balaban J connectivity index is 1.65. The number of halogens is 3. The molecule has 6 nitrogen and oxygen atoms in total. The van der Waals surface area contributed by atoms with Crippen LogP contribution in [-0.4, -0.2) is 24.0 Å². The number of aryl methyl sites for hydroxylation is 1. The number of rotatable bonds is 6. The zero-order chi connectivity index (χ0) is 26.0. The van der Waals surface area contributed by atoms with Crippen molar-refractivity contribution < 1.29 is 19.1 Å². The lowest BCUT2D eigenvalue weighted by atomic mass is 10.1. The quantitative estimate of drug-likeness (QED) is 0.139. The Morgan fingerprint density at radius 2 is 1.86 bits per heavy atom. The van der Waals surface area contributed by atoms with Gasteiger partial charge in [-0.05, 0) is 107 Å². The molecular weight excluding hydrogens is 679 g/mol. The molecule has 1 heterocycles. The first kappa shape index (κ1) is 26.6. The highest BCUT2D eigenvalue weighted by atomic mass is 127. The number of hydrogen-bond acceptors (Lipinski definition) is 5. The van der Waals surface area contributed by atoms with E-state index in [0.29, 0.717) is 34.4 Å². The molecule has 0 radical (unpaired) electrons. The van der Waals surface area contributed by atoms with E-state index in [1.165, 1.54) is 18.1 Å². The second-order valence-corrected chi connectivity index (χ2v) is 10.7. The maximum atomic E-state index is 13.4. The van der Waals surface area contributed by atoms with Crippen molar-refractivity contribution in [1.29, 1.82) is 0 Å². The van der Waals surface area contributed by atoms with Crippen LogP contribution in [0.3, 0.4) is 0 Å². The molecule has 0 aliphatic carbocycles. The van der Waals surface area contributed by atoms with Crippen LogP contribution in [0, 0.1) is 10.5 Å². The van der Waals surface area contributed by atoms with Crippen LogP contribution in [0.15, 0.2) is 64.6 Å². The molecule has 184 valence electrons. The molecule has 0 atom stereocenters. The van der Waals surface area contributed by atoms with Gasteiger partial charge in [-0.2, -0.15) is 0 Å². The molecule has 10 heteroatoms. The molecule has 1 fully saturated rings. The number of anilines is 1. The third kappa shape index (κ3) is 5.74. The molecule has 0 spiro atoms. The monoisotopic (exact) mass is 696 g/mol. The molecule has 36 heavy (non-hydrogen) atoms. The van der Waals surface area contributed by atoms with E-state index in [4.69, 9.17) is 33.3 Å². The van der Waals surface area contributed by atoms with Crippen LogP contribution in [0.4, 0.5) is 5.69 Å². The highest BCUT2D eigenvalue weighted by molar-refractivity contribution is 14.1. The van der Waals surface area contributed by atoms with E-state index in [1.54, 1.807) is 24.3 Å². The van der Waals surface area contributed by atoms with Crippen LogP contribution >= 0.6 is 62.3 Å². The number of nitrogens with one attached hydrogen (secondary N) is 1. The van der Waals surface area contributed by atoms with Gasteiger partial charge in [0, 0.05) is 9.50 Å². The predicted octanol–water partition coefficient (Wildman–Crippen LogP) is 6.43. The fourth-order valence-corrected chi connectivity index (χ4v) is 5.27. The van der Waals surface area contributed by atoms with E-state index in [0.717, 1.165) is 19.2 Å². The van der Waals surface area contributed by atoms with E-state index >= 15 is 0 Å². The Morgan fingerprint density at radius 3 is 2.53 bits per heavy atom. The molecule has 0 unspecified atom stereocenters. The average Bonchev–Trinajstić information content (AvgIpc) is 2.83. The zero-order valence-corrected chi connectivity index (χ0v) is 24.4. The van der Waals surface area contributed by atoms with E-state index in [9.17, 15) is 9.59 Å². The van der Waals surface area contributed by atoms with Gasteiger partial charge in [0.2, 0.25) is 0 Å². The summed E-state index contributed by atoms with van der Waals surface area (Å²) in [7, 11) is 1.53.